The first kappa shape index (κ1) is 26.0. The van der Waals surface area contributed by atoms with Gasteiger partial charge in [-0.1, -0.05) is 121 Å². The topological polar surface area (TPSA) is 101 Å². The molecular weight excluding hydrogens is 536 g/mol. The van der Waals surface area contributed by atoms with Crippen LogP contribution in [0.3, 0.4) is 0 Å². The Kier molecular flexibility index (Phi) is 6.14. The largest absolute Gasteiger partial charge is 0.504 e. The smallest absolute Gasteiger partial charge is 0.208 e. The van der Waals surface area contributed by atoms with Crippen molar-refractivity contribution in [1.82, 2.24) is 0 Å². The molecule has 7 rings (SSSR count). The molecule has 0 saturated carbocycles. The highest BCUT2D eigenvalue weighted by atomic mass is 16.4. The predicted molar refractivity (Wildman–Crippen MR) is 172 cm³/mol. The molecular formula is C38H26O5. The highest BCUT2D eigenvalue weighted by Crippen LogP contribution is 2.55. The fraction of sp³-hybridized carbons (Fsp3) is 0. The molecule has 0 bridgehead atoms. The van der Waals surface area contributed by atoms with Crippen LogP contribution in [0.4, 0.5) is 0 Å². The van der Waals surface area contributed by atoms with E-state index in [2.05, 4.69) is 48.5 Å². The van der Waals surface area contributed by atoms with Crippen molar-refractivity contribution in [2.45, 2.75) is 0 Å². The first-order valence-electron chi connectivity index (χ1n) is 13.8. The molecule has 0 aliphatic carbocycles. The van der Waals surface area contributed by atoms with Gasteiger partial charge >= 0.3 is 0 Å². The SMILES string of the molecule is Oc1c(O)c(O)c(-c2ccc3c(-c4ccc(-c5ccccc5)cc4)c4ccccc4c(-c4ccccc4)c3c2)c(O)c1O. The summed E-state index contributed by atoms with van der Waals surface area (Å²) >= 11 is 0. The van der Waals surface area contributed by atoms with E-state index in [4.69, 9.17) is 0 Å². The maximum Gasteiger partial charge on any atom is 0.208 e. The zero-order chi connectivity index (χ0) is 29.7. The van der Waals surface area contributed by atoms with E-state index < -0.39 is 28.7 Å². The number of benzene rings is 7. The van der Waals surface area contributed by atoms with Crippen LogP contribution in [0.25, 0.3) is 66.1 Å². The van der Waals surface area contributed by atoms with Crippen LogP contribution in [-0.4, -0.2) is 25.5 Å². The van der Waals surface area contributed by atoms with E-state index >= 15 is 0 Å². The molecule has 5 nitrogen and oxygen atoms in total. The second-order valence-corrected chi connectivity index (χ2v) is 10.5. The number of hydrogen-bond donors (Lipinski definition) is 5. The molecule has 208 valence electrons. The van der Waals surface area contributed by atoms with Gasteiger partial charge in [0.25, 0.3) is 0 Å². The fourth-order valence-electron chi connectivity index (χ4n) is 5.98. The zero-order valence-electron chi connectivity index (χ0n) is 22.9. The van der Waals surface area contributed by atoms with Gasteiger partial charge in [0.2, 0.25) is 17.2 Å². The van der Waals surface area contributed by atoms with E-state index in [1.807, 2.05) is 72.8 Å². The third-order valence-corrected chi connectivity index (χ3v) is 8.03. The summed E-state index contributed by atoms with van der Waals surface area (Å²) in [5.41, 5.74) is 6.41. The summed E-state index contributed by atoms with van der Waals surface area (Å²) in [6.07, 6.45) is 0. The average molecular weight is 563 g/mol. The Hall–Kier alpha value is -5.94. The molecule has 0 atom stereocenters. The molecule has 5 heteroatoms. The quantitative estimate of drug-likeness (QED) is 0.0836. The molecule has 43 heavy (non-hydrogen) atoms. The molecule has 7 aromatic rings. The van der Waals surface area contributed by atoms with Gasteiger partial charge in [0.1, 0.15) is 0 Å². The van der Waals surface area contributed by atoms with Gasteiger partial charge in [-0.15, -0.1) is 0 Å². The summed E-state index contributed by atoms with van der Waals surface area (Å²) in [6.45, 7) is 0. The van der Waals surface area contributed by atoms with E-state index in [-0.39, 0.29) is 5.56 Å². The minimum absolute atomic E-state index is 0.185. The Bertz CT molecular complexity index is 2120. The van der Waals surface area contributed by atoms with Crippen molar-refractivity contribution in [3.8, 4) is 73.3 Å². The van der Waals surface area contributed by atoms with Gasteiger partial charge in [-0.25, -0.2) is 0 Å². The molecule has 0 spiro atoms. The summed E-state index contributed by atoms with van der Waals surface area (Å²) < 4.78 is 0. The number of hydrogen-bond acceptors (Lipinski definition) is 5. The highest BCUT2D eigenvalue weighted by Gasteiger charge is 2.25. The Morgan fingerprint density at radius 3 is 1.21 bits per heavy atom. The number of phenolic OH excluding ortho intramolecular Hbond substituents is 5. The monoisotopic (exact) mass is 562 g/mol. The highest BCUT2D eigenvalue weighted by molar-refractivity contribution is 6.22. The second kappa shape index (κ2) is 10.2. The van der Waals surface area contributed by atoms with Crippen LogP contribution >= 0.6 is 0 Å². The first-order valence-corrected chi connectivity index (χ1v) is 13.8. The van der Waals surface area contributed by atoms with Gasteiger partial charge in [-0.3, -0.25) is 0 Å². The lowest BCUT2D eigenvalue weighted by Gasteiger charge is -2.19. The summed E-state index contributed by atoms with van der Waals surface area (Å²) in [6, 6.07) is 42.3. The van der Waals surface area contributed by atoms with Crippen molar-refractivity contribution < 1.29 is 25.5 Å². The van der Waals surface area contributed by atoms with Crippen molar-refractivity contribution >= 4 is 21.5 Å². The third kappa shape index (κ3) is 4.18. The lowest BCUT2D eigenvalue weighted by Crippen LogP contribution is -1.92. The van der Waals surface area contributed by atoms with Crippen LogP contribution in [0.5, 0.6) is 28.7 Å². The molecule has 7 aromatic carbocycles. The molecule has 0 saturated heterocycles. The normalized spacial score (nSPS) is 11.3. The van der Waals surface area contributed by atoms with Crippen LogP contribution in [0, 0.1) is 0 Å². The fourth-order valence-corrected chi connectivity index (χ4v) is 5.98. The molecule has 0 fully saturated rings. The average Bonchev–Trinajstić information content (AvgIpc) is 3.06. The molecule has 0 radical (unpaired) electrons. The zero-order valence-corrected chi connectivity index (χ0v) is 22.9. The second-order valence-electron chi connectivity index (χ2n) is 10.5. The predicted octanol–water partition coefficient (Wildman–Crippen LogP) is 9.19. The van der Waals surface area contributed by atoms with Gasteiger partial charge in [-0.05, 0) is 66.6 Å². The molecule has 0 aromatic heterocycles. The van der Waals surface area contributed by atoms with E-state index in [0.717, 1.165) is 54.9 Å². The first-order chi connectivity index (χ1) is 20.9. The van der Waals surface area contributed by atoms with Crippen molar-refractivity contribution in [3.05, 3.63) is 127 Å². The van der Waals surface area contributed by atoms with Gasteiger partial charge in [0.15, 0.2) is 11.5 Å². The molecule has 0 amide bonds. The van der Waals surface area contributed by atoms with Crippen LogP contribution in [0.1, 0.15) is 0 Å². The lowest BCUT2D eigenvalue weighted by atomic mass is 9.84. The van der Waals surface area contributed by atoms with Crippen LogP contribution < -0.4 is 0 Å². The van der Waals surface area contributed by atoms with Crippen molar-refractivity contribution in [2.24, 2.45) is 0 Å². The van der Waals surface area contributed by atoms with Crippen molar-refractivity contribution in [3.63, 3.8) is 0 Å². The summed E-state index contributed by atoms with van der Waals surface area (Å²) in [5, 5.41) is 55.8. The van der Waals surface area contributed by atoms with E-state index in [0.29, 0.717) is 5.56 Å². The molecule has 5 N–H and O–H groups in total. The number of aromatic hydroxyl groups is 5. The van der Waals surface area contributed by atoms with Gasteiger partial charge in [0.05, 0.1) is 5.56 Å². The van der Waals surface area contributed by atoms with Crippen LogP contribution in [0.15, 0.2) is 127 Å². The van der Waals surface area contributed by atoms with Gasteiger partial charge in [-0.2, -0.15) is 0 Å². The number of rotatable bonds is 4. The minimum Gasteiger partial charge on any atom is -0.504 e. The minimum atomic E-state index is -0.989. The summed E-state index contributed by atoms with van der Waals surface area (Å²) in [4.78, 5) is 0. The Labute approximate surface area is 247 Å². The van der Waals surface area contributed by atoms with Crippen LogP contribution in [0.2, 0.25) is 0 Å². The molecule has 0 aliphatic heterocycles. The lowest BCUT2D eigenvalue weighted by molar-refractivity contribution is 0.330. The Balaban J connectivity index is 1.56. The maximum atomic E-state index is 10.7. The molecule has 0 heterocycles. The van der Waals surface area contributed by atoms with Crippen molar-refractivity contribution in [1.29, 1.82) is 0 Å². The van der Waals surface area contributed by atoms with Crippen LogP contribution in [-0.2, 0) is 0 Å². The summed E-state index contributed by atoms with van der Waals surface area (Å²) in [5.74, 6) is -4.27. The molecule has 0 unspecified atom stereocenters. The summed E-state index contributed by atoms with van der Waals surface area (Å²) in [7, 11) is 0. The van der Waals surface area contributed by atoms with E-state index in [9.17, 15) is 25.5 Å². The van der Waals surface area contributed by atoms with E-state index in [1.165, 1.54) is 0 Å². The third-order valence-electron chi connectivity index (χ3n) is 8.03. The Morgan fingerprint density at radius 1 is 0.256 bits per heavy atom. The Morgan fingerprint density at radius 2 is 0.628 bits per heavy atom. The standard InChI is InChI=1S/C38H26O5/c39-34-33(35(40)37(42)38(43)36(34)41)26-19-20-29-30(21-26)32(24-11-5-2-6-12-24)28-14-8-7-13-27(28)31(29)25-17-15-23(16-18-25)22-9-3-1-4-10-22/h1-21,39-43H. The van der Waals surface area contributed by atoms with Gasteiger partial charge in [0, 0.05) is 0 Å². The van der Waals surface area contributed by atoms with Crippen molar-refractivity contribution in [2.75, 3.05) is 0 Å². The maximum absolute atomic E-state index is 10.7. The van der Waals surface area contributed by atoms with Gasteiger partial charge < -0.3 is 25.5 Å². The van der Waals surface area contributed by atoms with E-state index in [1.54, 1.807) is 6.07 Å². The number of fused-ring (bicyclic) bond motifs is 2. The molecule has 0 aliphatic rings. The number of phenols is 5.